The van der Waals surface area contributed by atoms with E-state index >= 15 is 0 Å². The number of Topliss-reactive ketones (excluding diaryl/α,β-unsaturated/α-hetero) is 1. The summed E-state index contributed by atoms with van der Waals surface area (Å²) in [4.78, 5) is 30.2. The molecule has 2 rings (SSSR count). The maximum absolute atomic E-state index is 11.8. The number of ether oxygens (including phenoxy) is 1. The number of hydrogen-bond acceptors (Lipinski definition) is 7. The van der Waals surface area contributed by atoms with Gasteiger partial charge in [0.05, 0.1) is 6.61 Å². The van der Waals surface area contributed by atoms with Crippen molar-refractivity contribution in [1.29, 1.82) is 0 Å². The van der Waals surface area contributed by atoms with Crippen molar-refractivity contribution >= 4 is 28.2 Å². The predicted molar refractivity (Wildman–Crippen MR) is 82.2 cm³/mol. The number of carbonyl (C=O) groups excluding carboxylic acids is 2. The number of nitrogens with zero attached hydrogens (tertiary/aromatic N) is 2. The van der Waals surface area contributed by atoms with Gasteiger partial charge in [-0.2, -0.15) is 0 Å². The molecule has 1 aromatic heterocycles. The summed E-state index contributed by atoms with van der Waals surface area (Å²) in [5.74, 6) is -0.708. The van der Waals surface area contributed by atoms with Gasteiger partial charge in [-0.05, 0) is 26.8 Å². The third kappa shape index (κ3) is 4.25. The van der Waals surface area contributed by atoms with E-state index in [2.05, 4.69) is 22.2 Å². The van der Waals surface area contributed by atoms with Gasteiger partial charge in [0.25, 0.3) is 0 Å². The number of carbonyl (C=O) groups is 2. The van der Waals surface area contributed by atoms with Gasteiger partial charge in [0.1, 0.15) is 4.88 Å². The van der Waals surface area contributed by atoms with Crippen LogP contribution >= 0.6 is 11.3 Å². The van der Waals surface area contributed by atoms with Crippen LogP contribution in [0.5, 0.6) is 0 Å². The first kappa shape index (κ1) is 15.9. The van der Waals surface area contributed by atoms with Gasteiger partial charge in [-0.1, -0.05) is 11.3 Å². The number of anilines is 1. The Labute approximate surface area is 128 Å². The molecule has 0 bridgehead atoms. The number of thiazole rings is 1. The average Bonchev–Trinajstić information content (AvgIpc) is 3.19. The number of aromatic nitrogens is 1. The molecular weight excluding hydrogens is 290 g/mol. The largest absolute Gasteiger partial charge is 0.461 e. The Balaban J connectivity index is 1.97. The third-order valence-corrected chi connectivity index (χ3v) is 4.44. The lowest BCUT2D eigenvalue weighted by molar-refractivity contribution is 0.0517. The van der Waals surface area contributed by atoms with Crippen LogP contribution in [-0.4, -0.2) is 54.4 Å². The predicted octanol–water partition coefficient (Wildman–Crippen LogP) is 2.03. The second-order valence-electron chi connectivity index (χ2n) is 5.11. The van der Waals surface area contributed by atoms with E-state index in [0.717, 1.165) is 13.1 Å². The van der Waals surface area contributed by atoms with Gasteiger partial charge >= 0.3 is 5.97 Å². The van der Waals surface area contributed by atoms with Crippen molar-refractivity contribution in [1.82, 2.24) is 9.88 Å². The highest BCUT2D eigenvalue weighted by molar-refractivity contribution is 7.17. The van der Waals surface area contributed by atoms with Crippen molar-refractivity contribution in [2.45, 2.75) is 32.7 Å². The minimum Gasteiger partial charge on any atom is -0.461 e. The van der Waals surface area contributed by atoms with Crippen LogP contribution in [0, 0.1) is 0 Å². The topological polar surface area (TPSA) is 71.5 Å². The Bertz CT molecular complexity index is 526. The molecule has 0 aromatic carbocycles. The van der Waals surface area contributed by atoms with Crippen LogP contribution in [0.25, 0.3) is 0 Å². The second kappa shape index (κ2) is 7.00. The van der Waals surface area contributed by atoms with Gasteiger partial charge in [-0.3, -0.25) is 4.79 Å². The quantitative estimate of drug-likeness (QED) is 0.585. The SMILES string of the molecule is CCOC(=O)c1nc(NCCN(C)C2CC2)sc1C(C)=O. The van der Waals surface area contributed by atoms with Gasteiger partial charge < -0.3 is 15.0 Å². The van der Waals surface area contributed by atoms with Crippen LogP contribution in [0.1, 0.15) is 46.8 Å². The molecule has 6 nitrogen and oxygen atoms in total. The molecule has 1 aliphatic carbocycles. The van der Waals surface area contributed by atoms with Gasteiger partial charge in [0.15, 0.2) is 16.6 Å². The number of hydrogen-bond donors (Lipinski definition) is 1. The lowest BCUT2D eigenvalue weighted by Gasteiger charge is -2.15. The number of ketones is 1. The van der Waals surface area contributed by atoms with Crippen LogP contribution in [-0.2, 0) is 4.74 Å². The van der Waals surface area contributed by atoms with E-state index in [0.29, 0.717) is 16.1 Å². The maximum Gasteiger partial charge on any atom is 0.358 e. The summed E-state index contributed by atoms with van der Waals surface area (Å²) in [5, 5.41) is 3.77. The van der Waals surface area contributed by atoms with Crippen LogP contribution in [0.4, 0.5) is 5.13 Å². The normalized spacial score (nSPS) is 14.3. The van der Waals surface area contributed by atoms with Crippen LogP contribution in [0.15, 0.2) is 0 Å². The molecule has 21 heavy (non-hydrogen) atoms. The van der Waals surface area contributed by atoms with Crippen LogP contribution in [0.2, 0.25) is 0 Å². The first-order valence-electron chi connectivity index (χ1n) is 7.16. The number of rotatable bonds is 8. The zero-order valence-electron chi connectivity index (χ0n) is 12.6. The van der Waals surface area contributed by atoms with Gasteiger partial charge in [0, 0.05) is 26.1 Å². The molecule has 1 aromatic rings. The van der Waals surface area contributed by atoms with E-state index in [1.54, 1.807) is 6.92 Å². The molecule has 0 amide bonds. The Morgan fingerprint density at radius 2 is 2.19 bits per heavy atom. The lowest BCUT2D eigenvalue weighted by atomic mass is 10.3. The monoisotopic (exact) mass is 311 g/mol. The van der Waals surface area contributed by atoms with Crippen molar-refractivity contribution in [2.75, 3.05) is 32.1 Å². The average molecular weight is 311 g/mol. The molecule has 1 saturated carbocycles. The third-order valence-electron chi connectivity index (χ3n) is 3.33. The smallest absolute Gasteiger partial charge is 0.358 e. The Hall–Kier alpha value is -1.47. The van der Waals surface area contributed by atoms with E-state index in [1.165, 1.54) is 31.1 Å². The molecule has 0 atom stereocenters. The fraction of sp³-hybridized carbons (Fsp3) is 0.643. The highest BCUT2D eigenvalue weighted by atomic mass is 32.1. The molecule has 1 fully saturated rings. The zero-order chi connectivity index (χ0) is 15.4. The molecule has 1 heterocycles. The van der Waals surface area contributed by atoms with E-state index < -0.39 is 5.97 Å². The Morgan fingerprint density at radius 1 is 1.48 bits per heavy atom. The molecule has 0 radical (unpaired) electrons. The fourth-order valence-electron chi connectivity index (χ4n) is 2.01. The lowest BCUT2D eigenvalue weighted by Crippen LogP contribution is -2.27. The van der Waals surface area contributed by atoms with Gasteiger partial charge in [-0.15, -0.1) is 0 Å². The molecule has 1 N–H and O–H groups in total. The molecular formula is C14H21N3O3S. The van der Waals surface area contributed by atoms with Crippen LogP contribution in [0.3, 0.4) is 0 Å². The Kier molecular flexibility index (Phi) is 5.30. The van der Waals surface area contributed by atoms with E-state index in [-0.39, 0.29) is 18.1 Å². The molecule has 116 valence electrons. The minimum atomic E-state index is -0.540. The summed E-state index contributed by atoms with van der Waals surface area (Å²) in [6.45, 7) is 5.07. The number of likely N-dealkylation sites (N-methyl/N-ethyl adjacent to an activating group) is 1. The summed E-state index contributed by atoms with van der Waals surface area (Å²) in [6.07, 6.45) is 2.55. The molecule has 0 aliphatic heterocycles. The van der Waals surface area contributed by atoms with Gasteiger partial charge in [-0.25, -0.2) is 9.78 Å². The van der Waals surface area contributed by atoms with E-state index in [9.17, 15) is 9.59 Å². The molecule has 0 unspecified atom stereocenters. The maximum atomic E-state index is 11.8. The molecule has 0 spiro atoms. The summed E-state index contributed by atoms with van der Waals surface area (Å²) in [6, 6.07) is 0.714. The fourth-order valence-corrected chi connectivity index (χ4v) is 2.88. The van der Waals surface area contributed by atoms with E-state index in [4.69, 9.17) is 4.74 Å². The summed E-state index contributed by atoms with van der Waals surface area (Å²) >= 11 is 1.21. The van der Waals surface area contributed by atoms with Gasteiger partial charge in [0.2, 0.25) is 0 Å². The van der Waals surface area contributed by atoms with Crippen molar-refractivity contribution in [3.05, 3.63) is 10.6 Å². The van der Waals surface area contributed by atoms with Crippen molar-refractivity contribution in [3.8, 4) is 0 Å². The standard InChI is InChI=1S/C14H21N3O3S/c1-4-20-13(19)11-12(9(2)18)21-14(16-11)15-7-8-17(3)10-5-6-10/h10H,4-8H2,1-3H3,(H,15,16). The highest BCUT2D eigenvalue weighted by Crippen LogP contribution is 2.26. The minimum absolute atomic E-state index is 0.118. The number of esters is 1. The molecule has 7 heteroatoms. The first-order chi connectivity index (χ1) is 10.0. The summed E-state index contributed by atoms with van der Waals surface area (Å²) < 4.78 is 4.93. The van der Waals surface area contributed by atoms with Crippen LogP contribution < -0.4 is 5.32 Å². The van der Waals surface area contributed by atoms with E-state index in [1.807, 2.05) is 0 Å². The number of nitrogens with one attached hydrogen (secondary N) is 1. The van der Waals surface area contributed by atoms with Crippen molar-refractivity contribution < 1.29 is 14.3 Å². The molecule has 0 saturated heterocycles. The Morgan fingerprint density at radius 3 is 2.76 bits per heavy atom. The first-order valence-corrected chi connectivity index (χ1v) is 7.97. The van der Waals surface area contributed by atoms with Crippen molar-refractivity contribution in [3.63, 3.8) is 0 Å². The zero-order valence-corrected chi connectivity index (χ0v) is 13.5. The summed E-state index contributed by atoms with van der Waals surface area (Å²) in [7, 11) is 2.10. The molecule has 1 aliphatic rings. The second-order valence-corrected chi connectivity index (χ2v) is 6.11. The summed E-state index contributed by atoms with van der Waals surface area (Å²) in [5.41, 5.74) is 0.118. The van der Waals surface area contributed by atoms with Crippen molar-refractivity contribution in [2.24, 2.45) is 0 Å². The highest BCUT2D eigenvalue weighted by Gasteiger charge is 2.26.